The van der Waals surface area contributed by atoms with Crippen molar-refractivity contribution in [2.24, 2.45) is 5.73 Å². The fourth-order valence-electron chi connectivity index (χ4n) is 3.14. The lowest BCUT2D eigenvalue weighted by molar-refractivity contribution is -0.139. The van der Waals surface area contributed by atoms with Crippen molar-refractivity contribution in [2.45, 2.75) is 25.5 Å². The van der Waals surface area contributed by atoms with E-state index in [2.05, 4.69) is 21.2 Å². The van der Waals surface area contributed by atoms with Crippen LogP contribution in [0.5, 0.6) is 5.75 Å². The number of benzene rings is 3. The van der Waals surface area contributed by atoms with Crippen LogP contribution < -0.4 is 15.8 Å². The van der Waals surface area contributed by atoms with Crippen LogP contribution in [0.15, 0.2) is 77.3 Å². The summed E-state index contributed by atoms with van der Waals surface area (Å²) in [5.74, 6) is -1.63. The number of primary amides is 1. The van der Waals surface area contributed by atoms with Gasteiger partial charge in [0, 0.05) is 16.5 Å². The van der Waals surface area contributed by atoms with Gasteiger partial charge >= 0.3 is 5.97 Å². The van der Waals surface area contributed by atoms with Crippen LogP contribution in [0.4, 0.5) is 0 Å². The molecule has 3 aromatic carbocycles. The number of carboxylic acid groups (broad SMARTS) is 1. The molecular formula is C25H23BrN2O5. The molecule has 0 heterocycles. The summed E-state index contributed by atoms with van der Waals surface area (Å²) in [6.07, 6.45) is -0.191. The Balaban J connectivity index is 1.60. The van der Waals surface area contributed by atoms with Crippen LogP contribution in [-0.2, 0) is 16.2 Å². The van der Waals surface area contributed by atoms with Gasteiger partial charge in [0.25, 0.3) is 5.91 Å². The van der Waals surface area contributed by atoms with E-state index in [1.807, 2.05) is 48.5 Å². The Hall–Kier alpha value is -3.65. The van der Waals surface area contributed by atoms with Crippen molar-refractivity contribution < 1.29 is 24.2 Å². The Morgan fingerprint density at radius 1 is 0.970 bits per heavy atom. The molecule has 2 amide bonds. The van der Waals surface area contributed by atoms with Gasteiger partial charge in [0.1, 0.15) is 18.4 Å². The molecule has 3 rings (SSSR count). The zero-order valence-corrected chi connectivity index (χ0v) is 19.2. The third kappa shape index (κ3) is 7.18. The first-order valence-electron chi connectivity index (χ1n) is 10.2. The lowest BCUT2D eigenvalue weighted by atomic mass is 10.0. The van der Waals surface area contributed by atoms with Gasteiger partial charge < -0.3 is 20.9 Å². The van der Waals surface area contributed by atoms with E-state index in [-0.39, 0.29) is 12.8 Å². The van der Waals surface area contributed by atoms with Gasteiger partial charge in [0.2, 0.25) is 5.91 Å². The first-order valence-corrected chi connectivity index (χ1v) is 11.0. The third-order valence-electron chi connectivity index (χ3n) is 4.91. The highest BCUT2D eigenvalue weighted by atomic mass is 79.9. The van der Waals surface area contributed by atoms with Gasteiger partial charge in [-0.2, -0.15) is 0 Å². The Morgan fingerprint density at radius 2 is 1.61 bits per heavy atom. The first kappa shape index (κ1) is 24.0. The molecule has 0 aromatic heterocycles. The van der Waals surface area contributed by atoms with Gasteiger partial charge in [-0.05, 0) is 59.5 Å². The van der Waals surface area contributed by atoms with E-state index in [0.717, 1.165) is 26.9 Å². The summed E-state index contributed by atoms with van der Waals surface area (Å²) in [5, 5.41) is 11.7. The molecule has 0 saturated carbocycles. The lowest BCUT2D eigenvalue weighted by Crippen LogP contribution is -2.41. The van der Waals surface area contributed by atoms with Crippen molar-refractivity contribution in [2.75, 3.05) is 0 Å². The van der Waals surface area contributed by atoms with Crippen molar-refractivity contribution in [3.8, 4) is 16.9 Å². The van der Waals surface area contributed by atoms with Crippen LogP contribution in [0.1, 0.15) is 28.8 Å². The molecular weight excluding hydrogens is 488 g/mol. The molecule has 0 bridgehead atoms. The number of aliphatic carboxylic acids is 1. The number of hydrogen-bond donors (Lipinski definition) is 3. The predicted octanol–water partition coefficient (Wildman–Crippen LogP) is 4.14. The topological polar surface area (TPSA) is 119 Å². The largest absolute Gasteiger partial charge is 0.489 e. The average Bonchev–Trinajstić information content (AvgIpc) is 2.80. The quantitative estimate of drug-likeness (QED) is 0.378. The van der Waals surface area contributed by atoms with Crippen LogP contribution in [-0.4, -0.2) is 28.9 Å². The highest BCUT2D eigenvalue weighted by Gasteiger charge is 2.21. The van der Waals surface area contributed by atoms with Gasteiger partial charge in [-0.1, -0.05) is 52.3 Å². The molecule has 0 fully saturated rings. The molecule has 0 radical (unpaired) electrons. The van der Waals surface area contributed by atoms with Crippen molar-refractivity contribution in [1.29, 1.82) is 0 Å². The third-order valence-corrected chi connectivity index (χ3v) is 5.41. The molecule has 0 aliphatic carbocycles. The second kappa shape index (κ2) is 11.3. The SMILES string of the molecule is NC(=O)CC[C@H](NC(=O)c1ccc(-c2ccc(OCc3cccc(Br)c3)cc2)cc1)C(=O)O. The number of carbonyl (C=O) groups excluding carboxylic acids is 2. The number of hydrogen-bond acceptors (Lipinski definition) is 4. The number of ether oxygens (including phenoxy) is 1. The van der Waals surface area contributed by atoms with Crippen LogP contribution >= 0.6 is 15.9 Å². The van der Waals surface area contributed by atoms with E-state index >= 15 is 0 Å². The lowest BCUT2D eigenvalue weighted by Gasteiger charge is -2.14. The van der Waals surface area contributed by atoms with Gasteiger partial charge in [-0.3, -0.25) is 9.59 Å². The molecule has 3 aromatic rings. The Labute approximate surface area is 199 Å². The van der Waals surface area contributed by atoms with Crippen LogP contribution in [0.2, 0.25) is 0 Å². The average molecular weight is 511 g/mol. The second-order valence-corrected chi connectivity index (χ2v) is 8.31. The van der Waals surface area contributed by atoms with Crippen LogP contribution in [0, 0.1) is 0 Å². The van der Waals surface area contributed by atoms with Crippen molar-refractivity contribution in [3.63, 3.8) is 0 Å². The molecule has 0 aliphatic rings. The normalized spacial score (nSPS) is 11.4. The first-order chi connectivity index (χ1) is 15.8. The highest BCUT2D eigenvalue weighted by molar-refractivity contribution is 9.10. The standard InChI is InChI=1S/C25H23BrN2O5/c26-20-3-1-2-16(14-20)15-33-21-10-8-18(9-11-21)17-4-6-19(7-5-17)24(30)28-22(25(31)32)12-13-23(27)29/h1-11,14,22H,12-13,15H2,(H2,27,29)(H,28,30)(H,31,32)/t22-/m0/s1. The summed E-state index contributed by atoms with van der Waals surface area (Å²) >= 11 is 3.44. The minimum atomic E-state index is -1.22. The van der Waals surface area contributed by atoms with E-state index in [4.69, 9.17) is 10.5 Å². The number of carbonyl (C=O) groups is 3. The summed E-state index contributed by atoms with van der Waals surface area (Å²) in [6.45, 7) is 0.458. The van der Waals surface area contributed by atoms with E-state index in [0.29, 0.717) is 12.2 Å². The number of carboxylic acids is 1. The number of rotatable bonds is 10. The molecule has 4 N–H and O–H groups in total. The molecule has 33 heavy (non-hydrogen) atoms. The van der Waals surface area contributed by atoms with Gasteiger partial charge in [0.05, 0.1) is 0 Å². The van der Waals surface area contributed by atoms with E-state index in [1.165, 1.54) is 0 Å². The molecule has 170 valence electrons. The molecule has 0 unspecified atom stereocenters. The van der Waals surface area contributed by atoms with Crippen molar-refractivity contribution in [3.05, 3.63) is 88.4 Å². The summed E-state index contributed by atoms with van der Waals surface area (Å²) in [7, 11) is 0. The number of nitrogens with one attached hydrogen (secondary N) is 1. The summed E-state index contributed by atoms with van der Waals surface area (Å²) in [5.41, 5.74) is 8.28. The van der Waals surface area contributed by atoms with E-state index in [9.17, 15) is 19.5 Å². The number of halogens is 1. The number of nitrogens with two attached hydrogens (primary N) is 1. The van der Waals surface area contributed by atoms with Gasteiger partial charge in [0.15, 0.2) is 0 Å². The molecule has 1 atom stereocenters. The molecule has 8 heteroatoms. The van der Waals surface area contributed by atoms with E-state index < -0.39 is 23.8 Å². The maximum atomic E-state index is 12.4. The summed E-state index contributed by atoms with van der Waals surface area (Å²) < 4.78 is 6.83. The number of amides is 2. The maximum Gasteiger partial charge on any atom is 0.326 e. The minimum Gasteiger partial charge on any atom is -0.489 e. The zero-order chi connectivity index (χ0) is 23.8. The fraction of sp³-hybridized carbons (Fsp3) is 0.160. The van der Waals surface area contributed by atoms with Gasteiger partial charge in [-0.15, -0.1) is 0 Å². The Morgan fingerprint density at radius 3 is 2.18 bits per heavy atom. The van der Waals surface area contributed by atoms with Gasteiger partial charge in [-0.25, -0.2) is 4.79 Å². The summed E-state index contributed by atoms with van der Waals surface area (Å²) in [6, 6.07) is 21.1. The summed E-state index contributed by atoms with van der Waals surface area (Å²) in [4.78, 5) is 34.6. The Kier molecular flexibility index (Phi) is 8.21. The smallest absolute Gasteiger partial charge is 0.326 e. The van der Waals surface area contributed by atoms with E-state index in [1.54, 1.807) is 24.3 Å². The highest BCUT2D eigenvalue weighted by Crippen LogP contribution is 2.24. The van der Waals surface area contributed by atoms with Crippen molar-refractivity contribution in [1.82, 2.24) is 5.32 Å². The monoisotopic (exact) mass is 510 g/mol. The molecule has 0 spiro atoms. The fourth-order valence-corrected chi connectivity index (χ4v) is 3.58. The second-order valence-electron chi connectivity index (χ2n) is 7.39. The maximum absolute atomic E-state index is 12.4. The Bertz CT molecular complexity index is 1130. The predicted molar refractivity (Wildman–Crippen MR) is 128 cm³/mol. The zero-order valence-electron chi connectivity index (χ0n) is 17.7. The molecule has 0 saturated heterocycles. The van der Waals surface area contributed by atoms with Crippen LogP contribution in [0.25, 0.3) is 11.1 Å². The van der Waals surface area contributed by atoms with Crippen LogP contribution in [0.3, 0.4) is 0 Å². The molecule has 7 nitrogen and oxygen atoms in total. The minimum absolute atomic E-state index is 0.0650. The van der Waals surface area contributed by atoms with Crippen molar-refractivity contribution >= 4 is 33.7 Å². The molecule has 0 aliphatic heterocycles.